The lowest BCUT2D eigenvalue weighted by Gasteiger charge is -2.14. The van der Waals surface area contributed by atoms with E-state index in [1.54, 1.807) is 0 Å². The summed E-state index contributed by atoms with van der Waals surface area (Å²) in [7, 11) is -4.33. The van der Waals surface area contributed by atoms with Gasteiger partial charge in [-0.05, 0) is 42.5 Å². The fourth-order valence-electron chi connectivity index (χ4n) is 2.40. The molecule has 2 aromatic carbocycles. The van der Waals surface area contributed by atoms with Gasteiger partial charge in [-0.25, -0.2) is 27.5 Å². The molecule has 152 valence electrons. The first-order valence-corrected chi connectivity index (χ1v) is 9.54. The minimum absolute atomic E-state index is 0.261. The van der Waals surface area contributed by atoms with Crippen molar-refractivity contribution in [2.24, 2.45) is 0 Å². The summed E-state index contributed by atoms with van der Waals surface area (Å²) in [5, 5.41) is 0. The molecule has 0 atom stereocenters. The van der Waals surface area contributed by atoms with E-state index in [0.717, 1.165) is 12.1 Å². The summed E-state index contributed by atoms with van der Waals surface area (Å²) in [5.74, 6) is -1.27. The number of hydrogen-bond donors (Lipinski definition) is 1. The van der Waals surface area contributed by atoms with Crippen molar-refractivity contribution < 1.29 is 30.7 Å². The Balaban J connectivity index is 1.80. The molecule has 0 radical (unpaired) electrons. The molecule has 11 heteroatoms. The second-order valence-corrected chi connectivity index (χ2v) is 7.46. The molecule has 0 spiro atoms. The predicted molar refractivity (Wildman–Crippen MR) is 94.6 cm³/mol. The van der Waals surface area contributed by atoms with Gasteiger partial charge in [0.15, 0.2) is 0 Å². The van der Waals surface area contributed by atoms with Crippen molar-refractivity contribution in [2.75, 3.05) is 0 Å². The molecule has 0 saturated heterocycles. The number of para-hydroxylation sites is 1. The standard InChI is InChI=1S/C18H13F4N3O3S/c19-13-7-5-12(6-8-13)15-9-14(23-11-24-15)10-25-29(26,27)17-4-2-1-3-16(17)28-18(20,21)22/h1-9,11,25H,10H2. The Kier molecular flexibility index (Phi) is 5.80. The average Bonchev–Trinajstić information content (AvgIpc) is 2.66. The van der Waals surface area contributed by atoms with Crippen LogP contribution in [0.25, 0.3) is 11.3 Å². The number of aromatic nitrogens is 2. The first-order valence-electron chi connectivity index (χ1n) is 8.05. The lowest BCUT2D eigenvalue weighted by atomic mass is 10.1. The highest BCUT2D eigenvalue weighted by Gasteiger charge is 2.33. The van der Waals surface area contributed by atoms with Crippen molar-refractivity contribution in [3.8, 4) is 17.0 Å². The minimum Gasteiger partial charge on any atom is -0.404 e. The quantitative estimate of drug-likeness (QED) is 0.608. The molecule has 3 aromatic rings. The molecule has 1 heterocycles. The zero-order chi connectivity index (χ0) is 21.1. The number of halogens is 4. The lowest BCUT2D eigenvalue weighted by molar-refractivity contribution is -0.275. The molecule has 3 rings (SSSR count). The number of sulfonamides is 1. The van der Waals surface area contributed by atoms with Gasteiger partial charge in [0.25, 0.3) is 0 Å². The van der Waals surface area contributed by atoms with Crippen LogP contribution in [0, 0.1) is 5.82 Å². The van der Waals surface area contributed by atoms with Gasteiger partial charge in [-0.2, -0.15) is 0 Å². The van der Waals surface area contributed by atoms with Crippen LogP contribution in [0.2, 0.25) is 0 Å². The third-order valence-electron chi connectivity index (χ3n) is 3.67. The van der Waals surface area contributed by atoms with Gasteiger partial charge < -0.3 is 4.74 Å². The van der Waals surface area contributed by atoms with Crippen LogP contribution < -0.4 is 9.46 Å². The number of ether oxygens (including phenoxy) is 1. The second-order valence-electron chi connectivity index (χ2n) is 5.72. The number of rotatable bonds is 6. The molecule has 1 aromatic heterocycles. The van der Waals surface area contributed by atoms with Gasteiger partial charge >= 0.3 is 6.36 Å². The molecule has 0 amide bonds. The third-order valence-corrected chi connectivity index (χ3v) is 5.11. The van der Waals surface area contributed by atoms with E-state index in [2.05, 4.69) is 19.4 Å². The Bertz CT molecular complexity index is 1100. The van der Waals surface area contributed by atoms with Crippen LogP contribution in [0.1, 0.15) is 5.69 Å². The Hall–Kier alpha value is -3.05. The molecule has 0 bridgehead atoms. The van der Waals surface area contributed by atoms with Crippen LogP contribution in [0.5, 0.6) is 5.75 Å². The summed E-state index contributed by atoms with van der Waals surface area (Å²) in [6.07, 6.45) is -3.84. The monoisotopic (exact) mass is 427 g/mol. The van der Waals surface area contributed by atoms with Gasteiger partial charge in [0.05, 0.1) is 17.9 Å². The second kappa shape index (κ2) is 8.13. The van der Waals surface area contributed by atoms with Gasteiger partial charge in [-0.3, -0.25) is 0 Å². The first-order chi connectivity index (χ1) is 13.6. The topological polar surface area (TPSA) is 81.2 Å². The molecule has 0 unspecified atom stereocenters. The van der Waals surface area contributed by atoms with E-state index in [1.165, 1.54) is 48.8 Å². The molecule has 0 aliphatic rings. The summed E-state index contributed by atoms with van der Waals surface area (Å²) >= 11 is 0. The van der Waals surface area contributed by atoms with Crippen LogP contribution >= 0.6 is 0 Å². The number of nitrogens with one attached hydrogen (secondary N) is 1. The number of hydrogen-bond acceptors (Lipinski definition) is 5. The number of nitrogens with zero attached hydrogens (tertiary/aromatic N) is 2. The maximum atomic E-state index is 13.0. The number of benzene rings is 2. The summed E-state index contributed by atoms with van der Waals surface area (Å²) in [4.78, 5) is 7.32. The van der Waals surface area contributed by atoms with Crippen LogP contribution in [0.3, 0.4) is 0 Å². The first kappa shape index (κ1) is 20.7. The molecular weight excluding hydrogens is 414 g/mol. The van der Waals surface area contributed by atoms with Gasteiger partial charge in [0.1, 0.15) is 22.8 Å². The summed E-state index contributed by atoms with van der Waals surface area (Å²) in [6, 6.07) is 11.4. The third kappa shape index (κ3) is 5.48. The van der Waals surface area contributed by atoms with E-state index in [1.807, 2.05) is 0 Å². The number of alkyl halides is 3. The van der Waals surface area contributed by atoms with E-state index in [0.29, 0.717) is 11.3 Å². The van der Waals surface area contributed by atoms with Crippen LogP contribution in [0.15, 0.2) is 65.8 Å². The molecule has 0 fully saturated rings. The van der Waals surface area contributed by atoms with Crippen molar-refractivity contribution in [1.29, 1.82) is 0 Å². The zero-order valence-corrected chi connectivity index (χ0v) is 15.3. The summed E-state index contributed by atoms with van der Waals surface area (Å²) in [5.41, 5.74) is 1.27. The van der Waals surface area contributed by atoms with E-state index in [4.69, 9.17) is 0 Å². The highest BCUT2D eigenvalue weighted by Crippen LogP contribution is 2.29. The Labute approximate surface area is 163 Å². The normalized spacial score (nSPS) is 12.0. The molecule has 0 saturated carbocycles. The van der Waals surface area contributed by atoms with Crippen LogP contribution in [-0.4, -0.2) is 24.7 Å². The van der Waals surface area contributed by atoms with Crippen molar-refractivity contribution >= 4 is 10.0 Å². The van der Waals surface area contributed by atoms with Crippen molar-refractivity contribution in [3.63, 3.8) is 0 Å². The van der Waals surface area contributed by atoms with Gasteiger partial charge in [-0.1, -0.05) is 12.1 Å². The maximum absolute atomic E-state index is 13.0. The fraction of sp³-hybridized carbons (Fsp3) is 0.111. The van der Waals surface area contributed by atoms with Crippen LogP contribution in [-0.2, 0) is 16.6 Å². The van der Waals surface area contributed by atoms with Crippen molar-refractivity contribution in [2.45, 2.75) is 17.8 Å². The molecular formula is C18H13F4N3O3S. The lowest BCUT2D eigenvalue weighted by Crippen LogP contribution is -2.26. The van der Waals surface area contributed by atoms with E-state index < -0.39 is 32.8 Å². The predicted octanol–water partition coefficient (Wildman–Crippen LogP) is 3.66. The molecule has 1 N–H and O–H groups in total. The fourth-order valence-corrected chi connectivity index (χ4v) is 3.53. The molecule has 0 aliphatic heterocycles. The van der Waals surface area contributed by atoms with Crippen molar-refractivity contribution in [1.82, 2.24) is 14.7 Å². The van der Waals surface area contributed by atoms with Gasteiger partial charge in [-0.15, -0.1) is 13.2 Å². The Morgan fingerprint density at radius 1 is 1.00 bits per heavy atom. The largest absolute Gasteiger partial charge is 0.573 e. The highest BCUT2D eigenvalue weighted by atomic mass is 32.2. The average molecular weight is 427 g/mol. The van der Waals surface area contributed by atoms with Gasteiger partial charge in [0, 0.05) is 5.56 Å². The molecule has 0 aliphatic carbocycles. The van der Waals surface area contributed by atoms with E-state index in [-0.39, 0.29) is 12.2 Å². The molecule has 6 nitrogen and oxygen atoms in total. The van der Waals surface area contributed by atoms with E-state index >= 15 is 0 Å². The molecule has 29 heavy (non-hydrogen) atoms. The maximum Gasteiger partial charge on any atom is 0.573 e. The van der Waals surface area contributed by atoms with Crippen molar-refractivity contribution in [3.05, 3.63) is 72.4 Å². The highest BCUT2D eigenvalue weighted by molar-refractivity contribution is 7.89. The minimum atomic E-state index is -5.04. The smallest absolute Gasteiger partial charge is 0.404 e. The summed E-state index contributed by atoms with van der Waals surface area (Å²) in [6.45, 7) is -0.306. The van der Waals surface area contributed by atoms with E-state index in [9.17, 15) is 26.0 Å². The van der Waals surface area contributed by atoms with Gasteiger partial charge in [0.2, 0.25) is 10.0 Å². The van der Waals surface area contributed by atoms with Crippen LogP contribution in [0.4, 0.5) is 17.6 Å². The zero-order valence-electron chi connectivity index (χ0n) is 14.5. The Morgan fingerprint density at radius 2 is 1.69 bits per heavy atom. The SMILES string of the molecule is O=S(=O)(NCc1cc(-c2ccc(F)cc2)ncn1)c1ccccc1OC(F)(F)F. The Morgan fingerprint density at radius 3 is 2.38 bits per heavy atom. The summed E-state index contributed by atoms with van der Waals surface area (Å²) < 4.78 is 81.5.